The predicted octanol–water partition coefficient (Wildman–Crippen LogP) is 3.58. The van der Waals surface area contributed by atoms with Gasteiger partial charge in [0, 0.05) is 42.1 Å². The number of aromatic nitrogens is 4. The van der Waals surface area contributed by atoms with E-state index in [1.54, 1.807) is 38.1 Å². The van der Waals surface area contributed by atoms with Gasteiger partial charge in [-0.1, -0.05) is 0 Å². The second-order valence-electron chi connectivity index (χ2n) is 6.89. The molecule has 0 amide bonds. The van der Waals surface area contributed by atoms with E-state index in [2.05, 4.69) is 25.2 Å². The molecule has 3 N–H and O–H groups in total. The van der Waals surface area contributed by atoms with Crippen LogP contribution in [0.3, 0.4) is 0 Å². The molecule has 9 nitrogen and oxygen atoms in total. The van der Waals surface area contributed by atoms with Crippen molar-refractivity contribution in [3.05, 3.63) is 67.4 Å². The molecule has 0 aliphatic heterocycles. The van der Waals surface area contributed by atoms with Crippen molar-refractivity contribution in [2.75, 3.05) is 19.0 Å². The summed E-state index contributed by atoms with van der Waals surface area (Å²) in [6, 6.07) is 14.7. The summed E-state index contributed by atoms with van der Waals surface area (Å²) in [5.74, 6) is 0.751. The number of anilines is 2. The van der Waals surface area contributed by atoms with E-state index < -0.39 is 9.92 Å². The minimum absolute atomic E-state index is 0.437. The van der Waals surface area contributed by atoms with Gasteiger partial charge in [0.2, 0.25) is 0 Å². The fourth-order valence-corrected chi connectivity index (χ4v) is 4.27. The number of hydrogen-bond donors (Lipinski definition) is 3. The highest BCUT2D eigenvalue weighted by Gasteiger charge is 2.10. The van der Waals surface area contributed by atoms with Gasteiger partial charge in [0.05, 0.1) is 17.5 Å². The van der Waals surface area contributed by atoms with Crippen LogP contribution >= 0.6 is 0 Å². The SMILES string of the molecule is COc1ccc2c(Nc3ccc([S@](=N)(=O)NCCCn4cnnc4)cc3)ccnc2c1. The quantitative estimate of drug-likeness (QED) is 0.345. The van der Waals surface area contributed by atoms with Crippen LogP contribution in [0.15, 0.2) is 72.3 Å². The Morgan fingerprint density at radius 2 is 1.87 bits per heavy atom. The molecule has 0 aliphatic rings. The third-order valence-electron chi connectivity index (χ3n) is 4.78. The van der Waals surface area contributed by atoms with Gasteiger partial charge in [-0.2, -0.15) is 0 Å². The van der Waals surface area contributed by atoms with E-state index >= 15 is 0 Å². The molecule has 0 saturated heterocycles. The number of methoxy groups -OCH3 is 1. The lowest BCUT2D eigenvalue weighted by Crippen LogP contribution is -2.24. The van der Waals surface area contributed by atoms with E-state index in [-0.39, 0.29) is 0 Å². The topological polar surface area (TPSA) is 118 Å². The van der Waals surface area contributed by atoms with Crippen LogP contribution in [0.2, 0.25) is 0 Å². The number of nitrogens with one attached hydrogen (secondary N) is 3. The van der Waals surface area contributed by atoms with Crippen LogP contribution in [0, 0.1) is 4.78 Å². The smallest absolute Gasteiger partial charge is 0.134 e. The first kappa shape index (κ1) is 20.8. The van der Waals surface area contributed by atoms with Crippen molar-refractivity contribution in [1.82, 2.24) is 24.5 Å². The maximum absolute atomic E-state index is 12.7. The van der Waals surface area contributed by atoms with Crippen LogP contribution in [0.5, 0.6) is 5.75 Å². The lowest BCUT2D eigenvalue weighted by molar-refractivity contribution is 0.415. The predicted molar refractivity (Wildman–Crippen MR) is 120 cm³/mol. The first-order valence-corrected chi connectivity index (χ1v) is 11.3. The number of benzene rings is 2. The summed E-state index contributed by atoms with van der Waals surface area (Å²) in [6.07, 6.45) is 5.71. The van der Waals surface area contributed by atoms with Gasteiger partial charge in [-0.05, 0) is 48.9 Å². The van der Waals surface area contributed by atoms with Gasteiger partial charge in [-0.15, -0.1) is 10.2 Å². The number of aryl methyl sites for hydroxylation is 1. The van der Waals surface area contributed by atoms with Crippen molar-refractivity contribution in [3.63, 3.8) is 0 Å². The monoisotopic (exact) mass is 437 g/mol. The lowest BCUT2D eigenvalue weighted by atomic mass is 10.1. The molecule has 0 unspecified atom stereocenters. The van der Waals surface area contributed by atoms with Gasteiger partial charge in [0.15, 0.2) is 0 Å². The molecule has 2 heterocycles. The molecule has 2 aromatic carbocycles. The first-order valence-electron chi connectivity index (χ1n) is 9.71. The molecule has 0 fully saturated rings. The molecular formula is C21H23N7O2S. The molecule has 4 rings (SSSR count). The zero-order valence-corrected chi connectivity index (χ0v) is 17.8. The molecule has 1 atom stereocenters. The number of pyridine rings is 1. The average Bonchev–Trinajstić information content (AvgIpc) is 3.30. The molecule has 0 bridgehead atoms. The highest BCUT2D eigenvalue weighted by atomic mass is 32.2. The summed E-state index contributed by atoms with van der Waals surface area (Å²) in [5.41, 5.74) is 2.56. The van der Waals surface area contributed by atoms with Gasteiger partial charge in [0.1, 0.15) is 28.3 Å². The highest BCUT2D eigenvalue weighted by Crippen LogP contribution is 2.28. The molecule has 10 heteroatoms. The Morgan fingerprint density at radius 3 is 2.61 bits per heavy atom. The van der Waals surface area contributed by atoms with Crippen LogP contribution in [0.25, 0.3) is 10.9 Å². The molecule has 0 saturated carbocycles. The third-order valence-corrected chi connectivity index (χ3v) is 6.33. The zero-order chi connectivity index (χ0) is 21.7. The van der Waals surface area contributed by atoms with Crippen molar-refractivity contribution >= 4 is 32.2 Å². The van der Waals surface area contributed by atoms with Crippen molar-refractivity contribution in [2.24, 2.45) is 0 Å². The van der Waals surface area contributed by atoms with Crippen molar-refractivity contribution < 1.29 is 8.95 Å². The van der Waals surface area contributed by atoms with Gasteiger partial charge in [-0.25, -0.2) is 13.7 Å². The maximum atomic E-state index is 12.7. The number of ether oxygens (including phenoxy) is 1. The van der Waals surface area contributed by atoms with E-state index in [1.165, 1.54) is 0 Å². The van der Waals surface area contributed by atoms with E-state index in [0.29, 0.717) is 24.4 Å². The number of rotatable bonds is 9. The lowest BCUT2D eigenvalue weighted by Gasteiger charge is -2.13. The normalized spacial score (nSPS) is 13.1. The molecule has 0 radical (unpaired) electrons. The van der Waals surface area contributed by atoms with Crippen molar-refractivity contribution in [1.29, 1.82) is 4.78 Å². The van der Waals surface area contributed by atoms with Crippen LogP contribution < -0.4 is 14.8 Å². The fourth-order valence-electron chi connectivity index (χ4n) is 3.15. The summed E-state index contributed by atoms with van der Waals surface area (Å²) in [6.45, 7) is 1.15. The van der Waals surface area contributed by atoms with Crippen LogP contribution in [0.4, 0.5) is 11.4 Å². The van der Waals surface area contributed by atoms with Gasteiger partial charge < -0.3 is 14.6 Å². The molecular weight excluding hydrogens is 414 g/mol. The number of hydrogen-bond acceptors (Lipinski definition) is 7. The van der Waals surface area contributed by atoms with Gasteiger partial charge in [-0.3, -0.25) is 4.98 Å². The summed E-state index contributed by atoms with van der Waals surface area (Å²) in [5, 5.41) is 11.8. The summed E-state index contributed by atoms with van der Waals surface area (Å²) in [4.78, 5) is 4.83. The minimum Gasteiger partial charge on any atom is -0.497 e. The Morgan fingerprint density at radius 1 is 1.10 bits per heavy atom. The second kappa shape index (κ2) is 9.11. The van der Waals surface area contributed by atoms with Crippen LogP contribution in [0.1, 0.15) is 6.42 Å². The second-order valence-corrected chi connectivity index (χ2v) is 8.77. The summed E-state index contributed by atoms with van der Waals surface area (Å²) >= 11 is 0. The molecule has 0 spiro atoms. The van der Waals surface area contributed by atoms with Gasteiger partial charge >= 0.3 is 0 Å². The molecule has 4 aromatic rings. The average molecular weight is 438 g/mol. The Kier molecular flexibility index (Phi) is 6.10. The Bertz CT molecular complexity index is 1260. The highest BCUT2D eigenvalue weighted by molar-refractivity contribution is 7.90. The zero-order valence-electron chi connectivity index (χ0n) is 17.0. The Labute approximate surface area is 180 Å². The molecule has 160 valence electrons. The van der Waals surface area contributed by atoms with E-state index in [9.17, 15) is 4.21 Å². The minimum atomic E-state index is -3.08. The number of nitrogens with zero attached hydrogens (tertiary/aromatic N) is 4. The standard InChI is InChI=1S/C21H23N7O2S/c1-30-17-5-8-19-20(9-11-23-21(19)13-17)27-16-3-6-18(7-4-16)31(22,29)26-10-2-12-28-14-24-25-15-28/h3-9,11,13-15H,2,10,12H2,1H3,(H,23,27)(H2,22,26,29)/t31-/m1/s1. The maximum Gasteiger partial charge on any atom is 0.134 e. The summed E-state index contributed by atoms with van der Waals surface area (Å²) < 4.78 is 30.9. The van der Waals surface area contributed by atoms with E-state index in [1.807, 2.05) is 41.0 Å². The summed E-state index contributed by atoms with van der Waals surface area (Å²) in [7, 11) is -1.45. The van der Waals surface area contributed by atoms with E-state index in [4.69, 9.17) is 9.52 Å². The van der Waals surface area contributed by atoms with Crippen LogP contribution in [-0.2, 0) is 16.5 Å². The molecule has 31 heavy (non-hydrogen) atoms. The van der Waals surface area contributed by atoms with Crippen molar-refractivity contribution in [3.8, 4) is 5.75 Å². The van der Waals surface area contributed by atoms with Crippen molar-refractivity contribution in [2.45, 2.75) is 17.9 Å². The largest absolute Gasteiger partial charge is 0.497 e. The Hall–Kier alpha value is -3.50. The molecule has 0 aliphatic carbocycles. The first-order chi connectivity index (χ1) is 15.0. The Balaban J connectivity index is 1.41. The third kappa shape index (κ3) is 4.98. The van der Waals surface area contributed by atoms with E-state index in [0.717, 1.165) is 28.0 Å². The fraction of sp³-hybridized carbons (Fsp3) is 0.190. The van der Waals surface area contributed by atoms with Gasteiger partial charge in [0.25, 0.3) is 0 Å². The van der Waals surface area contributed by atoms with Crippen LogP contribution in [-0.4, -0.2) is 37.6 Å². The number of fused-ring (bicyclic) bond motifs is 1. The molecule has 2 aromatic heterocycles.